The third kappa shape index (κ3) is 2.79. The van der Waals surface area contributed by atoms with Crippen molar-refractivity contribution in [2.24, 2.45) is 5.92 Å². The summed E-state index contributed by atoms with van der Waals surface area (Å²) >= 11 is 3.18. The van der Waals surface area contributed by atoms with Crippen LogP contribution in [0.5, 0.6) is 0 Å². The smallest absolute Gasteiger partial charge is 0.308 e. The molecule has 7 nitrogen and oxygen atoms in total. The van der Waals surface area contributed by atoms with Crippen LogP contribution in [0, 0.1) is 16.0 Å². The van der Waals surface area contributed by atoms with E-state index in [9.17, 15) is 19.7 Å². The van der Waals surface area contributed by atoms with Crippen LogP contribution in [0.25, 0.3) is 0 Å². The minimum atomic E-state index is -0.932. The fourth-order valence-electron chi connectivity index (χ4n) is 2.11. The van der Waals surface area contributed by atoms with E-state index < -0.39 is 22.7 Å². The first kappa shape index (κ1) is 14.4. The van der Waals surface area contributed by atoms with E-state index in [4.69, 9.17) is 5.11 Å². The SMILES string of the molecule is O=C(O)C1CCN(C(=O)c2cc([N+](=O)[O-])ccc2Br)C1. The Morgan fingerprint density at radius 2 is 2.15 bits per heavy atom. The molecule has 8 heteroatoms. The molecule has 0 bridgehead atoms. The second-order valence-electron chi connectivity index (χ2n) is 4.50. The van der Waals surface area contributed by atoms with Crippen LogP contribution >= 0.6 is 15.9 Å². The lowest BCUT2D eigenvalue weighted by atomic mass is 10.1. The van der Waals surface area contributed by atoms with Crippen molar-refractivity contribution in [3.63, 3.8) is 0 Å². The Hall–Kier alpha value is -1.96. The van der Waals surface area contributed by atoms with E-state index >= 15 is 0 Å². The minimum Gasteiger partial charge on any atom is -0.481 e. The Morgan fingerprint density at radius 3 is 2.70 bits per heavy atom. The van der Waals surface area contributed by atoms with Crippen LogP contribution in [0.3, 0.4) is 0 Å². The van der Waals surface area contributed by atoms with Gasteiger partial charge in [-0.3, -0.25) is 19.7 Å². The average Bonchev–Trinajstić information content (AvgIpc) is 2.88. The molecule has 1 heterocycles. The Labute approximate surface area is 122 Å². The van der Waals surface area contributed by atoms with Gasteiger partial charge in [0.1, 0.15) is 0 Å². The molecule has 1 aliphatic rings. The molecule has 1 saturated heterocycles. The molecule has 0 aliphatic carbocycles. The van der Waals surface area contributed by atoms with Crippen molar-refractivity contribution < 1.29 is 19.6 Å². The van der Waals surface area contributed by atoms with Crippen molar-refractivity contribution in [3.05, 3.63) is 38.3 Å². The number of carbonyl (C=O) groups excluding carboxylic acids is 1. The lowest BCUT2D eigenvalue weighted by Crippen LogP contribution is -2.30. The number of rotatable bonds is 3. The number of carboxylic acid groups (broad SMARTS) is 1. The Bertz CT molecular complexity index is 589. The summed E-state index contributed by atoms with van der Waals surface area (Å²) in [4.78, 5) is 34.7. The van der Waals surface area contributed by atoms with Gasteiger partial charge in [0.05, 0.1) is 16.4 Å². The quantitative estimate of drug-likeness (QED) is 0.667. The highest BCUT2D eigenvalue weighted by atomic mass is 79.9. The van der Waals surface area contributed by atoms with Gasteiger partial charge in [0.2, 0.25) is 0 Å². The lowest BCUT2D eigenvalue weighted by molar-refractivity contribution is -0.384. The normalized spacial score (nSPS) is 18.1. The summed E-state index contributed by atoms with van der Waals surface area (Å²) < 4.78 is 0.451. The largest absolute Gasteiger partial charge is 0.481 e. The third-order valence-electron chi connectivity index (χ3n) is 3.22. The second-order valence-corrected chi connectivity index (χ2v) is 5.35. The summed E-state index contributed by atoms with van der Waals surface area (Å²) in [5.41, 5.74) is -0.00392. The number of amides is 1. The summed E-state index contributed by atoms with van der Waals surface area (Å²) in [6, 6.07) is 3.93. The second kappa shape index (κ2) is 5.58. The van der Waals surface area contributed by atoms with E-state index in [-0.39, 0.29) is 17.8 Å². The molecule has 0 saturated carbocycles. The molecule has 0 radical (unpaired) electrons. The Kier molecular flexibility index (Phi) is 4.03. The molecule has 1 aliphatic heterocycles. The van der Waals surface area contributed by atoms with Gasteiger partial charge in [0, 0.05) is 29.7 Å². The van der Waals surface area contributed by atoms with Crippen molar-refractivity contribution >= 4 is 33.5 Å². The van der Waals surface area contributed by atoms with Gasteiger partial charge in [-0.25, -0.2) is 0 Å². The van der Waals surface area contributed by atoms with Crippen molar-refractivity contribution in [3.8, 4) is 0 Å². The summed E-state index contributed by atoms with van der Waals surface area (Å²) in [5, 5.41) is 19.7. The van der Waals surface area contributed by atoms with Gasteiger partial charge in [0.25, 0.3) is 11.6 Å². The Balaban J connectivity index is 2.23. The number of benzene rings is 1. The molecule has 1 unspecified atom stereocenters. The Morgan fingerprint density at radius 1 is 1.45 bits per heavy atom. The number of hydrogen-bond donors (Lipinski definition) is 1. The maximum atomic E-state index is 12.3. The fourth-order valence-corrected chi connectivity index (χ4v) is 2.52. The number of aliphatic carboxylic acids is 1. The lowest BCUT2D eigenvalue weighted by Gasteiger charge is -2.16. The van der Waals surface area contributed by atoms with E-state index in [0.717, 1.165) is 0 Å². The highest BCUT2D eigenvalue weighted by Gasteiger charge is 2.32. The maximum Gasteiger partial charge on any atom is 0.308 e. The van der Waals surface area contributed by atoms with Crippen LogP contribution in [0.4, 0.5) is 5.69 Å². The minimum absolute atomic E-state index is 0.128. The molecule has 0 aromatic heterocycles. The number of hydrogen-bond acceptors (Lipinski definition) is 4. The van der Waals surface area contributed by atoms with Gasteiger partial charge >= 0.3 is 5.97 Å². The monoisotopic (exact) mass is 342 g/mol. The molecule has 106 valence electrons. The van der Waals surface area contributed by atoms with E-state index in [1.54, 1.807) is 0 Å². The van der Waals surface area contributed by atoms with Gasteiger partial charge in [-0.05, 0) is 28.4 Å². The van der Waals surface area contributed by atoms with Gasteiger partial charge in [-0.2, -0.15) is 0 Å². The molecular formula is C12H11BrN2O5. The molecule has 1 amide bonds. The van der Waals surface area contributed by atoms with Crippen molar-refractivity contribution in [1.29, 1.82) is 0 Å². The first-order chi connectivity index (χ1) is 9.40. The van der Waals surface area contributed by atoms with Crippen LogP contribution in [0.1, 0.15) is 16.8 Å². The van der Waals surface area contributed by atoms with Crippen LogP contribution < -0.4 is 0 Å². The van der Waals surface area contributed by atoms with E-state index in [1.807, 2.05) is 0 Å². The number of nitro benzene ring substituents is 1. The number of nitro groups is 1. The summed E-state index contributed by atoms with van der Waals surface area (Å²) in [7, 11) is 0. The molecule has 0 spiro atoms. The molecule has 20 heavy (non-hydrogen) atoms. The molecular weight excluding hydrogens is 332 g/mol. The van der Waals surface area contributed by atoms with Gasteiger partial charge in [-0.15, -0.1) is 0 Å². The zero-order valence-electron chi connectivity index (χ0n) is 10.3. The molecule has 1 aromatic carbocycles. The first-order valence-corrected chi connectivity index (χ1v) is 6.65. The standard InChI is InChI=1S/C12H11BrN2O5/c13-10-2-1-8(15(19)20)5-9(10)11(16)14-4-3-7(6-14)12(17)18/h1-2,5,7H,3-4,6H2,(H,17,18). The van der Waals surface area contributed by atoms with E-state index in [0.29, 0.717) is 17.4 Å². The van der Waals surface area contributed by atoms with Crippen LogP contribution in [0.2, 0.25) is 0 Å². The van der Waals surface area contributed by atoms with Crippen LogP contribution in [-0.2, 0) is 4.79 Å². The fraction of sp³-hybridized carbons (Fsp3) is 0.333. The number of likely N-dealkylation sites (tertiary alicyclic amines) is 1. The highest BCUT2D eigenvalue weighted by molar-refractivity contribution is 9.10. The van der Waals surface area contributed by atoms with Crippen molar-refractivity contribution in [1.82, 2.24) is 4.90 Å². The zero-order chi connectivity index (χ0) is 14.9. The molecule has 2 rings (SSSR count). The molecule has 1 atom stereocenters. The number of halogens is 1. The van der Waals surface area contributed by atoms with E-state index in [2.05, 4.69) is 15.9 Å². The first-order valence-electron chi connectivity index (χ1n) is 5.86. The maximum absolute atomic E-state index is 12.3. The van der Waals surface area contributed by atoms with E-state index in [1.165, 1.54) is 23.1 Å². The third-order valence-corrected chi connectivity index (χ3v) is 3.91. The number of nitrogens with zero attached hydrogens (tertiary/aromatic N) is 2. The van der Waals surface area contributed by atoms with Crippen LogP contribution in [-0.4, -0.2) is 39.9 Å². The summed E-state index contributed by atoms with van der Waals surface area (Å²) in [5.74, 6) is -1.90. The predicted molar refractivity (Wildman–Crippen MR) is 72.4 cm³/mol. The summed E-state index contributed by atoms with van der Waals surface area (Å²) in [6.45, 7) is 0.466. The topological polar surface area (TPSA) is 101 Å². The molecule has 1 fully saturated rings. The summed E-state index contributed by atoms with van der Waals surface area (Å²) in [6.07, 6.45) is 0.396. The number of carbonyl (C=O) groups is 2. The predicted octanol–water partition coefficient (Wildman–Crippen LogP) is 1.90. The van der Waals surface area contributed by atoms with Crippen LogP contribution in [0.15, 0.2) is 22.7 Å². The zero-order valence-corrected chi connectivity index (χ0v) is 11.9. The average molecular weight is 343 g/mol. The number of non-ortho nitro benzene ring substituents is 1. The molecule has 1 N–H and O–H groups in total. The number of carboxylic acids is 1. The van der Waals surface area contributed by atoms with Gasteiger partial charge in [-0.1, -0.05) is 0 Å². The van der Waals surface area contributed by atoms with Crippen molar-refractivity contribution in [2.45, 2.75) is 6.42 Å². The van der Waals surface area contributed by atoms with Crippen molar-refractivity contribution in [2.75, 3.05) is 13.1 Å². The highest BCUT2D eigenvalue weighted by Crippen LogP contribution is 2.26. The van der Waals surface area contributed by atoms with Gasteiger partial charge in [0.15, 0.2) is 0 Å². The van der Waals surface area contributed by atoms with Gasteiger partial charge < -0.3 is 10.0 Å². The molecule has 1 aromatic rings.